The van der Waals surface area contributed by atoms with Crippen molar-refractivity contribution in [2.75, 3.05) is 26.2 Å². The van der Waals surface area contributed by atoms with Crippen LogP contribution in [0.2, 0.25) is 0 Å². The zero-order valence-corrected chi connectivity index (χ0v) is 14.4. The SMILES string of the molecule is Cl.O=C(COc1ccc2oc3c(c2c1)CCCC3)NCC1CNC1. The van der Waals surface area contributed by atoms with Gasteiger partial charge in [0.05, 0.1) is 0 Å². The van der Waals surface area contributed by atoms with Crippen molar-refractivity contribution in [2.24, 2.45) is 5.92 Å². The number of benzene rings is 1. The predicted octanol–water partition coefficient (Wildman–Crippen LogP) is 2.45. The summed E-state index contributed by atoms with van der Waals surface area (Å²) >= 11 is 0. The number of nitrogens with one attached hydrogen (secondary N) is 2. The zero-order chi connectivity index (χ0) is 15.6. The number of carbonyl (C=O) groups is 1. The van der Waals surface area contributed by atoms with E-state index in [1.165, 1.54) is 18.4 Å². The summed E-state index contributed by atoms with van der Waals surface area (Å²) in [5.41, 5.74) is 2.24. The molecule has 5 nitrogen and oxygen atoms in total. The third-order valence-electron chi connectivity index (χ3n) is 4.75. The Morgan fingerprint density at radius 1 is 1.29 bits per heavy atom. The van der Waals surface area contributed by atoms with Gasteiger partial charge in [0.1, 0.15) is 17.1 Å². The van der Waals surface area contributed by atoms with E-state index in [-0.39, 0.29) is 24.9 Å². The Kier molecular flexibility index (Phi) is 5.31. The minimum atomic E-state index is -0.0637. The molecular weight excluding hydrogens is 328 g/mol. The quantitative estimate of drug-likeness (QED) is 0.869. The van der Waals surface area contributed by atoms with Gasteiger partial charge in [0.15, 0.2) is 6.61 Å². The third kappa shape index (κ3) is 3.52. The van der Waals surface area contributed by atoms with Crippen molar-refractivity contribution in [3.63, 3.8) is 0 Å². The van der Waals surface area contributed by atoms with E-state index in [4.69, 9.17) is 9.15 Å². The molecular formula is C18H23ClN2O3. The number of hydrogen-bond acceptors (Lipinski definition) is 4. The maximum atomic E-state index is 11.8. The van der Waals surface area contributed by atoms with E-state index in [0.717, 1.165) is 55.0 Å². The molecule has 1 aliphatic carbocycles. The first kappa shape index (κ1) is 17.1. The Balaban J connectivity index is 0.00000169. The van der Waals surface area contributed by atoms with Crippen LogP contribution in [0.1, 0.15) is 24.2 Å². The van der Waals surface area contributed by atoms with E-state index in [0.29, 0.717) is 5.92 Å². The first-order valence-corrected chi connectivity index (χ1v) is 8.44. The molecule has 0 bridgehead atoms. The first-order valence-electron chi connectivity index (χ1n) is 8.44. The number of ether oxygens (including phenoxy) is 1. The van der Waals surface area contributed by atoms with Crippen LogP contribution < -0.4 is 15.4 Å². The van der Waals surface area contributed by atoms with Crippen LogP contribution in [-0.4, -0.2) is 32.1 Å². The summed E-state index contributed by atoms with van der Waals surface area (Å²) in [6, 6.07) is 5.83. The average molecular weight is 351 g/mol. The van der Waals surface area contributed by atoms with Gasteiger partial charge in [-0.25, -0.2) is 0 Å². The minimum absolute atomic E-state index is 0. The van der Waals surface area contributed by atoms with Crippen LogP contribution in [-0.2, 0) is 17.6 Å². The molecule has 0 atom stereocenters. The fourth-order valence-electron chi connectivity index (χ4n) is 3.28. The molecule has 1 aliphatic heterocycles. The Bertz CT molecular complexity index is 724. The number of fused-ring (bicyclic) bond motifs is 3. The highest BCUT2D eigenvalue weighted by atomic mass is 35.5. The lowest BCUT2D eigenvalue weighted by Gasteiger charge is -2.27. The number of carbonyl (C=O) groups excluding carboxylic acids is 1. The Hall–Kier alpha value is -1.72. The minimum Gasteiger partial charge on any atom is -0.484 e. The van der Waals surface area contributed by atoms with Crippen molar-refractivity contribution in [1.29, 1.82) is 0 Å². The van der Waals surface area contributed by atoms with Crippen LogP contribution in [0.3, 0.4) is 0 Å². The Morgan fingerprint density at radius 2 is 2.12 bits per heavy atom. The summed E-state index contributed by atoms with van der Waals surface area (Å²) in [4.78, 5) is 11.8. The molecule has 1 amide bonds. The van der Waals surface area contributed by atoms with Gasteiger partial charge in [-0.1, -0.05) is 0 Å². The molecule has 6 heteroatoms. The smallest absolute Gasteiger partial charge is 0.257 e. The number of aryl methyl sites for hydroxylation is 2. The highest BCUT2D eigenvalue weighted by Crippen LogP contribution is 2.33. The molecule has 130 valence electrons. The molecule has 4 rings (SSSR count). The van der Waals surface area contributed by atoms with E-state index >= 15 is 0 Å². The van der Waals surface area contributed by atoms with Crippen LogP contribution in [0.4, 0.5) is 0 Å². The lowest BCUT2D eigenvalue weighted by atomic mass is 9.96. The van der Waals surface area contributed by atoms with Gasteiger partial charge in [-0.3, -0.25) is 4.79 Å². The van der Waals surface area contributed by atoms with Crippen molar-refractivity contribution < 1.29 is 13.9 Å². The number of hydrogen-bond donors (Lipinski definition) is 2. The van der Waals surface area contributed by atoms with Crippen LogP contribution in [0.25, 0.3) is 11.0 Å². The number of amides is 1. The molecule has 2 aliphatic rings. The molecule has 1 saturated heterocycles. The average Bonchev–Trinajstić information content (AvgIpc) is 2.89. The lowest BCUT2D eigenvalue weighted by molar-refractivity contribution is -0.123. The molecule has 24 heavy (non-hydrogen) atoms. The summed E-state index contributed by atoms with van der Waals surface area (Å²) in [6.07, 6.45) is 4.51. The zero-order valence-electron chi connectivity index (χ0n) is 13.6. The molecule has 0 radical (unpaired) electrons. The molecule has 1 aromatic carbocycles. The number of rotatable bonds is 5. The highest BCUT2D eigenvalue weighted by molar-refractivity contribution is 5.85. The predicted molar refractivity (Wildman–Crippen MR) is 95.0 cm³/mol. The summed E-state index contributed by atoms with van der Waals surface area (Å²) < 4.78 is 11.6. The standard InChI is InChI=1S/C18H22N2O3.ClH/c21-18(20-10-12-8-19-9-12)11-22-13-5-6-17-15(7-13)14-3-1-2-4-16(14)23-17;/h5-7,12,19H,1-4,8-11H2,(H,20,21);1H. The topological polar surface area (TPSA) is 63.5 Å². The van der Waals surface area contributed by atoms with Crippen molar-refractivity contribution >= 4 is 29.3 Å². The van der Waals surface area contributed by atoms with Crippen LogP contribution in [0, 0.1) is 5.92 Å². The number of halogens is 1. The fraction of sp³-hybridized carbons (Fsp3) is 0.500. The van der Waals surface area contributed by atoms with E-state index in [2.05, 4.69) is 10.6 Å². The second-order valence-electron chi connectivity index (χ2n) is 6.49. The van der Waals surface area contributed by atoms with Gasteiger partial charge in [0, 0.05) is 42.9 Å². The largest absolute Gasteiger partial charge is 0.484 e. The molecule has 0 saturated carbocycles. The second-order valence-corrected chi connectivity index (χ2v) is 6.49. The van der Waals surface area contributed by atoms with Crippen molar-refractivity contribution in [3.8, 4) is 5.75 Å². The van der Waals surface area contributed by atoms with Gasteiger partial charge in [-0.05, 0) is 37.5 Å². The maximum Gasteiger partial charge on any atom is 0.257 e. The molecule has 0 spiro atoms. The number of furan rings is 1. The lowest BCUT2D eigenvalue weighted by Crippen LogP contribution is -2.48. The van der Waals surface area contributed by atoms with E-state index in [1.54, 1.807) is 0 Å². The van der Waals surface area contributed by atoms with Gasteiger partial charge in [-0.15, -0.1) is 12.4 Å². The summed E-state index contributed by atoms with van der Waals surface area (Å²) in [6.45, 7) is 2.77. The second kappa shape index (κ2) is 7.45. The summed E-state index contributed by atoms with van der Waals surface area (Å²) in [7, 11) is 0. The van der Waals surface area contributed by atoms with Gasteiger partial charge in [0.2, 0.25) is 0 Å². The summed E-state index contributed by atoms with van der Waals surface area (Å²) in [5.74, 6) is 2.35. The van der Waals surface area contributed by atoms with E-state index in [1.807, 2.05) is 18.2 Å². The van der Waals surface area contributed by atoms with Gasteiger partial charge in [-0.2, -0.15) is 0 Å². The summed E-state index contributed by atoms with van der Waals surface area (Å²) in [5, 5.41) is 7.24. The highest BCUT2D eigenvalue weighted by Gasteiger charge is 2.19. The third-order valence-corrected chi connectivity index (χ3v) is 4.75. The monoisotopic (exact) mass is 350 g/mol. The van der Waals surface area contributed by atoms with Crippen LogP contribution in [0.15, 0.2) is 22.6 Å². The van der Waals surface area contributed by atoms with Crippen molar-refractivity contribution in [1.82, 2.24) is 10.6 Å². The maximum absolute atomic E-state index is 11.8. The molecule has 2 aromatic rings. The molecule has 1 aromatic heterocycles. The van der Waals surface area contributed by atoms with Gasteiger partial charge in [0.25, 0.3) is 5.91 Å². The Morgan fingerprint density at radius 3 is 2.92 bits per heavy atom. The van der Waals surface area contributed by atoms with Crippen molar-refractivity contribution in [2.45, 2.75) is 25.7 Å². The molecule has 1 fully saturated rings. The Labute approximate surface area is 147 Å². The van der Waals surface area contributed by atoms with Crippen LogP contribution in [0.5, 0.6) is 5.75 Å². The molecule has 2 heterocycles. The molecule has 2 N–H and O–H groups in total. The van der Waals surface area contributed by atoms with Gasteiger partial charge < -0.3 is 19.8 Å². The normalized spacial score (nSPS) is 16.8. The van der Waals surface area contributed by atoms with Crippen molar-refractivity contribution in [3.05, 3.63) is 29.5 Å². The molecule has 0 unspecified atom stereocenters. The van der Waals surface area contributed by atoms with E-state index in [9.17, 15) is 4.79 Å². The van der Waals surface area contributed by atoms with Crippen LogP contribution >= 0.6 is 12.4 Å². The first-order chi connectivity index (χ1) is 11.3. The van der Waals surface area contributed by atoms with Gasteiger partial charge >= 0.3 is 0 Å². The fourth-order valence-corrected chi connectivity index (χ4v) is 3.28. The van der Waals surface area contributed by atoms with E-state index < -0.39 is 0 Å².